The Morgan fingerprint density at radius 3 is 1.82 bits per heavy atom. The molecule has 0 saturated carbocycles. The van der Waals surface area contributed by atoms with Crippen LogP contribution in [0.5, 0.6) is 0 Å². The molecular weight excluding hydrogens is 756 g/mol. The summed E-state index contributed by atoms with van der Waals surface area (Å²) in [7, 11) is 0. The molecule has 0 saturated heterocycles. The molecule has 4 heteroatoms. The first-order chi connectivity index (χ1) is 29.4. The van der Waals surface area contributed by atoms with Gasteiger partial charge >= 0.3 is 6.85 Å². The van der Waals surface area contributed by atoms with Gasteiger partial charge in [-0.3, -0.25) is 0 Å². The zero-order valence-corrected chi connectivity index (χ0v) is 36.9. The van der Waals surface area contributed by atoms with Gasteiger partial charge in [0.15, 0.2) is 0 Å². The molecule has 2 nitrogen and oxygen atoms in total. The van der Waals surface area contributed by atoms with Crippen LogP contribution in [0.15, 0.2) is 170 Å². The SMILES string of the molecule is Cc1cc2c3c(c1)N(c1ccc(C(C)(C)C)cc1-c1ccccc1)c1cc4c(cc1B3N(c1ccc(C(C)(C)C)cc1)c1ccc(-c3ccccc3)cc1-2)sc1ccccc14. The minimum absolute atomic E-state index is 0.0135. The normalized spacial score (nSPS) is 13.4. The second-order valence-corrected chi connectivity index (χ2v) is 20.2. The Hall–Kier alpha value is -6.36. The molecule has 0 fully saturated rings. The molecule has 61 heavy (non-hydrogen) atoms. The quantitative estimate of drug-likeness (QED) is 0.164. The Bertz CT molecular complexity index is 3170. The van der Waals surface area contributed by atoms with E-state index in [4.69, 9.17) is 0 Å². The fourth-order valence-corrected chi connectivity index (χ4v) is 11.0. The highest BCUT2D eigenvalue weighted by molar-refractivity contribution is 7.26. The summed E-state index contributed by atoms with van der Waals surface area (Å²) in [5.74, 6) is 0. The largest absolute Gasteiger partial charge is 0.376 e. The number of anilines is 5. The van der Waals surface area contributed by atoms with Crippen molar-refractivity contribution in [2.24, 2.45) is 0 Å². The van der Waals surface area contributed by atoms with Gasteiger partial charge in [-0.15, -0.1) is 11.3 Å². The molecule has 1 aromatic heterocycles. The van der Waals surface area contributed by atoms with Gasteiger partial charge in [0.1, 0.15) is 0 Å². The molecule has 3 heterocycles. The summed E-state index contributed by atoms with van der Waals surface area (Å²) in [6, 6.07) is 64.4. The summed E-state index contributed by atoms with van der Waals surface area (Å²) in [6.07, 6.45) is 0. The third-order valence-corrected chi connectivity index (χ3v) is 14.1. The number of rotatable bonds is 4. The highest BCUT2D eigenvalue weighted by Crippen LogP contribution is 2.51. The standard InChI is InChI=1S/C57H49BN2S/c1-36-30-47-45-32-39(37-16-10-8-11-17-37)22-28-50(45)60(42-26-23-40(24-27-42)56(2,3)4)58-48-35-54-46(43-20-14-15-21-53(43)61-54)34-51(48)59(52(31-36)55(47)58)49-29-25-41(57(5,6)7)33-44(49)38-18-12-9-13-19-38/h8-35H,1-7H3. The maximum Gasteiger partial charge on any atom is 0.333 e. The van der Waals surface area contributed by atoms with Crippen LogP contribution in [0, 0.1) is 6.92 Å². The third kappa shape index (κ3) is 6.14. The molecule has 2 aliphatic heterocycles. The van der Waals surface area contributed by atoms with E-state index in [2.05, 4.69) is 228 Å². The minimum atomic E-state index is -0.0731. The summed E-state index contributed by atoms with van der Waals surface area (Å²) < 4.78 is 2.63. The fourth-order valence-electron chi connectivity index (χ4n) is 9.84. The summed E-state index contributed by atoms with van der Waals surface area (Å²) >= 11 is 1.90. The van der Waals surface area contributed by atoms with Gasteiger partial charge in [-0.25, -0.2) is 0 Å². The van der Waals surface area contributed by atoms with E-state index in [0.717, 1.165) is 0 Å². The average Bonchev–Trinajstić information content (AvgIpc) is 3.63. The molecular formula is C57H49BN2S. The van der Waals surface area contributed by atoms with E-state index in [1.807, 2.05) is 11.3 Å². The number of hydrogen-bond donors (Lipinski definition) is 0. The van der Waals surface area contributed by atoms with Gasteiger partial charge in [-0.2, -0.15) is 0 Å². The number of aryl methyl sites for hydroxylation is 1. The van der Waals surface area contributed by atoms with Crippen molar-refractivity contribution in [1.29, 1.82) is 0 Å². The van der Waals surface area contributed by atoms with Gasteiger partial charge < -0.3 is 9.71 Å². The van der Waals surface area contributed by atoms with Crippen LogP contribution >= 0.6 is 11.3 Å². The topological polar surface area (TPSA) is 6.48 Å². The molecule has 8 aromatic carbocycles. The number of hydrogen-bond acceptors (Lipinski definition) is 3. The molecule has 0 aliphatic carbocycles. The lowest BCUT2D eigenvalue weighted by Crippen LogP contribution is -2.61. The highest BCUT2D eigenvalue weighted by atomic mass is 32.1. The Balaban J connectivity index is 1.26. The highest BCUT2D eigenvalue weighted by Gasteiger charge is 2.46. The van der Waals surface area contributed by atoms with Crippen LogP contribution in [0.2, 0.25) is 0 Å². The van der Waals surface area contributed by atoms with Gasteiger partial charge in [-0.1, -0.05) is 151 Å². The monoisotopic (exact) mass is 804 g/mol. The Kier molecular flexibility index (Phi) is 8.54. The van der Waals surface area contributed by atoms with Crippen molar-refractivity contribution in [3.63, 3.8) is 0 Å². The van der Waals surface area contributed by atoms with Gasteiger partial charge in [0.2, 0.25) is 0 Å². The lowest BCUT2D eigenvalue weighted by Gasteiger charge is -2.46. The van der Waals surface area contributed by atoms with Crippen molar-refractivity contribution in [3.8, 4) is 33.4 Å². The van der Waals surface area contributed by atoms with Crippen LogP contribution < -0.4 is 20.6 Å². The van der Waals surface area contributed by atoms with Crippen LogP contribution in [0.1, 0.15) is 58.2 Å². The predicted octanol–water partition coefficient (Wildman–Crippen LogP) is 15.0. The van der Waals surface area contributed by atoms with Crippen LogP contribution in [-0.4, -0.2) is 6.85 Å². The molecule has 2 aliphatic rings. The molecule has 9 aromatic rings. The van der Waals surface area contributed by atoms with Crippen molar-refractivity contribution in [1.82, 2.24) is 0 Å². The van der Waals surface area contributed by atoms with Crippen LogP contribution in [0.3, 0.4) is 0 Å². The first-order valence-corrected chi connectivity index (χ1v) is 22.4. The van der Waals surface area contributed by atoms with Crippen LogP contribution in [0.25, 0.3) is 53.6 Å². The van der Waals surface area contributed by atoms with E-state index < -0.39 is 0 Å². The number of nitrogens with zero attached hydrogens (tertiary/aromatic N) is 2. The Morgan fingerprint density at radius 1 is 0.443 bits per heavy atom. The van der Waals surface area contributed by atoms with E-state index in [0.29, 0.717) is 0 Å². The molecule has 0 atom stereocenters. The average molecular weight is 805 g/mol. The van der Waals surface area contributed by atoms with Crippen molar-refractivity contribution in [3.05, 3.63) is 187 Å². The van der Waals surface area contributed by atoms with Gasteiger partial charge in [0.05, 0.1) is 5.69 Å². The zero-order valence-electron chi connectivity index (χ0n) is 36.0. The third-order valence-electron chi connectivity index (χ3n) is 13.0. The molecule has 0 unspecified atom stereocenters. The van der Waals surface area contributed by atoms with Gasteiger partial charge in [0, 0.05) is 54.0 Å². The predicted molar refractivity (Wildman–Crippen MR) is 266 cm³/mol. The molecule has 11 rings (SSSR count). The maximum absolute atomic E-state index is 2.65. The van der Waals surface area contributed by atoms with Crippen molar-refractivity contribution >= 4 is 77.7 Å². The second kappa shape index (κ2) is 13.8. The smallest absolute Gasteiger partial charge is 0.333 e. The van der Waals surface area contributed by atoms with E-state index >= 15 is 0 Å². The Labute approximate surface area is 364 Å². The molecule has 296 valence electrons. The van der Waals surface area contributed by atoms with Crippen molar-refractivity contribution < 1.29 is 0 Å². The number of thiophene rings is 1. The van der Waals surface area contributed by atoms with Crippen LogP contribution in [0.4, 0.5) is 28.4 Å². The first-order valence-electron chi connectivity index (χ1n) is 21.6. The van der Waals surface area contributed by atoms with Gasteiger partial charge in [-0.05, 0) is 128 Å². The van der Waals surface area contributed by atoms with Crippen molar-refractivity contribution in [2.45, 2.75) is 59.3 Å². The fraction of sp³-hybridized carbons (Fsp3) is 0.158. The summed E-state index contributed by atoms with van der Waals surface area (Å²) in [4.78, 5) is 5.26. The molecule has 0 bridgehead atoms. The summed E-state index contributed by atoms with van der Waals surface area (Å²) in [5, 5.41) is 2.61. The van der Waals surface area contributed by atoms with E-state index in [1.54, 1.807) is 0 Å². The van der Waals surface area contributed by atoms with E-state index in [1.165, 1.54) is 110 Å². The Morgan fingerprint density at radius 2 is 1.10 bits per heavy atom. The maximum atomic E-state index is 2.65. The zero-order chi connectivity index (χ0) is 41.8. The summed E-state index contributed by atoms with van der Waals surface area (Å²) in [5.41, 5.74) is 20.1. The number of fused-ring (bicyclic) bond motifs is 7. The van der Waals surface area contributed by atoms with E-state index in [-0.39, 0.29) is 17.7 Å². The number of benzene rings is 8. The van der Waals surface area contributed by atoms with Crippen molar-refractivity contribution in [2.75, 3.05) is 9.71 Å². The first kappa shape index (κ1) is 37.6. The molecule has 0 spiro atoms. The lowest BCUT2D eigenvalue weighted by atomic mass is 9.43. The minimum Gasteiger partial charge on any atom is -0.376 e. The molecule has 0 radical (unpaired) electrons. The summed E-state index contributed by atoms with van der Waals surface area (Å²) in [6.45, 7) is 16.0. The molecule has 0 amide bonds. The lowest BCUT2D eigenvalue weighted by molar-refractivity contribution is 0.590. The van der Waals surface area contributed by atoms with Gasteiger partial charge in [0.25, 0.3) is 0 Å². The second-order valence-electron chi connectivity index (χ2n) is 19.1. The van der Waals surface area contributed by atoms with Crippen LogP contribution in [-0.2, 0) is 10.8 Å². The molecule has 0 N–H and O–H groups in total. The van der Waals surface area contributed by atoms with E-state index in [9.17, 15) is 0 Å².